The van der Waals surface area contributed by atoms with Gasteiger partial charge in [0.2, 0.25) is 0 Å². The Bertz CT molecular complexity index is 450. The summed E-state index contributed by atoms with van der Waals surface area (Å²) in [6, 6.07) is 2.54. The summed E-state index contributed by atoms with van der Waals surface area (Å²) in [5.74, 6) is -2.71. The van der Waals surface area contributed by atoms with Crippen molar-refractivity contribution in [2.75, 3.05) is 0 Å². The predicted octanol–water partition coefficient (Wildman–Crippen LogP) is 2.07. The molecule has 4 nitrogen and oxygen atoms in total. The number of carbonyl (C=O) groups is 2. The van der Waals surface area contributed by atoms with Crippen molar-refractivity contribution in [1.82, 2.24) is 5.32 Å². The van der Waals surface area contributed by atoms with Crippen LogP contribution in [0.4, 0.5) is 4.39 Å². The lowest BCUT2D eigenvalue weighted by Crippen LogP contribution is -2.40. The Morgan fingerprint density at radius 1 is 1.53 bits per heavy atom. The summed E-state index contributed by atoms with van der Waals surface area (Å²) >= 11 is 5.54. The lowest BCUT2D eigenvalue weighted by atomic mass is 10.1. The van der Waals surface area contributed by atoms with E-state index in [0.717, 1.165) is 6.07 Å². The zero-order valence-corrected chi connectivity index (χ0v) is 9.79. The van der Waals surface area contributed by atoms with Crippen LogP contribution in [0.5, 0.6) is 0 Å². The number of carbonyl (C=O) groups excluding carboxylic acids is 1. The summed E-state index contributed by atoms with van der Waals surface area (Å²) in [6.07, 6.45) is 0.219. The van der Waals surface area contributed by atoms with Crippen molar-refractivity contribution in [2.24, 2.45) is 0 Å². The molecule has 0 bridgehead atoms. The third-order valence-corrected chi connectivity index (χ3v) is 2.42. The van der Waals surface area contributed by atoms with Gasteiger partial charge >= 0.3 is 5.97 Å². The smallest absolute Gasteiger partial charge is 0.326 e. The van der Waals surface area contributed by atoms with Gasteiger partial charge in [-0.3, -0.25) is 4.79 Å². The van der Waals surface area contributed by atoms with E-state index in [1.54, 1.807) is 6.92 Å². The summed E-state index contributed by atoms with van der Waals surface area (Å²) in [5, 5.41) is 11.1. The Balaban J connectivity index is 2.86. The molecule has 92 valence electrons. The molecule has 0 spiro atoms. The summed E-state index contributed by atoms with van der Waals surface area (Å²) in [5.41, 5.74) is -0.228. The summed E-state index contributed by atoms with van der Waals surface area (Å²) in [7, 11) is 0. The number of nitrogens with one attached hydrogen (secondary N) is 1. The molecule has 1 aromatic carbocycles. The van der Waals surface area contributed by atoms with Crippen LogP contribution in [0.1, 0.15) is 23.7 Å². The van der Waals surface area contributed by atoms with Gasteiger partial charge in [0, 0.05) is 5.02 Å². The van der Waals surface area contributed by atoms with E-state index in [4.69, 9.17) is 16.7 Å². The molecule has 1 rings (SSSR count). The van der Waals surface area contributed by atoms with Crippen LogP contribution in [-0.4, -0.2) is 23.0 Å². The highest BCUT2D eigenvalue weighted by molar-refractivity contribution is 6.30. The van der Waals surface area contributed by atoms with Gasteiger partial charge in [0.15, 0.2) is 0 Å². The third kappa shape index (κ3) is 3.42. The Morgan fingerprint density at radius 2 is 2.18 bits per heavy atom. The van der Waals surface area contributed by atoms with Crippen LogP contribution >= 0.6 is 11.6 Å². The van der Waals surface area contributed by atoms with E-state index in [1.165, 1.54) is 12.1 Å². The number of amides is 1. The van der Waals surface area contributed by atoms with E-state index < -0.39 is 23.7 Å². The molecule has 0 aliphatic carbocycles. The Kier molecular flexibility index (Phi) is 4.45. The molecule has 1 unspecified atom stereocenters. The second-order valence-corrected chi connectivity index (χ2v) is 3.83. The van der Waals surface area contributed by atoms with E-state index in [1.807, 2.05) is 0 Å². The summed E-state index contributed by atoms with van der Waals surface area (Å²) in [4.78, 5) is 22.3. The first-order valence-corrected chi connectivity index (χ1v) is 5.32. The SMILES string of the molecule is CCC(NC(=O)c1ccc(Cl)cc1F)C(=O)O. The van der Waals surface area contributed by atoms with Gasteiger partial charge in [-0.2, -0.15) is 0 Å². The van der Waals surface area contributed by atoms with Crippen LogP contribution in [0.15, 0.2) is 18.2 Å². The average molecular weight is 260 g/mol. The highest BCUT2D eigenvalue weighted by Crippen LogP contribution is 2.14. The number of rotatable bonds is 4. The van der Waals surface area contributed by atoms with E-state index >= 15 is 0 Å². The van der Waals surface area contributed by atoms with Crippen molar-refractivity contribution in [2.45, 2.75) is 19.4 Å². The van der Waals surface area contributed by atoms with Gasteiger partial charge in [0.25, 0.3) is 5.91 Å². The first kappa shape index (κ1) is 13.4. The lowest BCUT2D eigenvalue weighted by Gasteiger charge is -2.12. The fourth-order valence-electron chi connectivity index (χ4n) is 1.25. The molecule has 17 heavy (non-hydrogen) atoms. The molecule has 0 aliphatic heterocycles. The fourth-order valence-corrected chi connectivity index (χ4v) is 1.41. The molecule has 0 aliphatic rings. The molecule has 0 saturated carbocycles. The molecule has 1 amide bonds. The van der Waals surface area contributed by atoms with Crippen LogP contribution < -0.4 is 5.32 Å². The monoisotopic (exact) mass is 259 g/mol. The van der Waals surface area contributed by atoms with E-state index in [-0.39, 0.29) is 17.0 Å². The first-order valence-electron chi connectivity index (χ1n) is 4.94. The van der Waals surface area contributed by atoms with Crippen LogP contribution in [-0.2, 0) is 4.79 Å². The maximum atomic E-state index is 13.4. The minimum atomic E-state index is -1.16. The van der Waals surface area contributed by atoms with Crippen molar-refractivity contribution in [3.05, 3.63) is 34.6 Å². The third-order valence-electron chi connectivity index (χ3n) is 2.19. The highest BCUT2D eigenvalue weighted by Gasteiger charge is 2.20. The van der Waals surface area contributed by atoms with Gasteiger partial charge in [0.05, 0.1) is 5.56 Å². The maximum absolute atomic E-state index is 13.4. The lowest BCUT2D eigenvalue weighted by molar-refractivity contribution is -0.139. The van der Waals surface area contributed by atoms with Crippen molar-refractivity contribution in [3.8, 4) is 0 Å². The number of hydrogen-bond acceptors (Lipinski definition) is 2. The number of aliphatic carboxylic acids is 1. The van der Waals surface area contributed by atoms with Gasteiger partial charge in [-0.15, -0.1) is 0 Å². The second-order valence-electron chi connectivity index (χ2n) is 3.40. The van der Waals surface area contributed by atoms with Gasteiger partial charge < -0.3 is 10.4 Å². The highest BCUT2D eigenvalue weighted by atomic mass is 35.5. The van der Waals surface area contributed by atoms with Crippen molar-refractivity contribution in [3.63, 3.8) is 0 Å². The fraction of sp³-hybridized carbons (Fsp3) is 0.273. The second kappa shape index (κ2) is 5.63. The van der Waals surface area contributed by atoms with Gasteiger partial charge in [-0.05, 0) is 24.6 Å². The minimum absolute atomic E-state index is 0.171. The normalized spacial score (nSPS) is 11.9. The molecule has 6 heteroatoms. The largest absolute Gasteiger partial charge is 0.480 e. The van der Waals surface area contributed by atoms with E-state index in [2.05, 4.69) is 5.32 Å². The van der Waals surface area contributed by atoms with Crippen molar-refractivity contribution < 1.29 is 19.1 Å². The zero-order chi connectivity index (χ0) is 13.0. The predicted molar refractivity (Wildman–Crippen MR) is 60.6 cm³/mol. The van der Waals surface area contributed by atoms with Gasteiger partial charge in [0.1, 0.15) is 11.9 Å². The minimum Gasteiger partial charge on any atom is -0.480 e. The molecular weight excluding hydrogens is 249 g/mol. The molecule has 0 aromatic heterocycles. The first-order chi connectivity index (χ1) is 7.95. The molecule has 0 saturated heterocycles. The quantitative estimate of drug-likeness (QED) is 0.870. The Hall–Kier alpha value is -1.62. The van der Waals surface area contributed by atoms with Crippen LogP contribution in [0.2, 0.25) is 5.02 Å². The van der Waals surface area contributed by atoms with Crippen LogP contribution in [0.25, 0.3) is 0 Å². The number of carboxylic acid groups (broad SMARTS) is 1. The number of benzene rings is 1. The summed E-state index contributed by atoms with van der Waals surface area (Å²) < 4.78 is 13.4. The number of hydrogen-bond donors (Lipinski definition) is 2. The molecule has 0 heterocycles. The van der Waals surface area contributed by atoms with Crippen molar-refractivity contribution >= 4 is 23.5 Å². The average Bonchev–Trinajstić information content (AvgIpc) is 2.24. The maximum Gasteiger partial charge on any atom is 0.326 e. The van der Waals surface area contributed by atoms with E-state index in [0.29, 0.717) is 0 Å². The zero-order valence-electron chi connectivity index (χ0n) is 9.04. The van der Waals surface area contributed by atoms with Crippen LogP contribution in [0, 0.1) is 5.82 Å². The number of carboxylic acids is 1. The molecular formula is C11H11ClFNO3. The standard InChI is InChI=1S/C11H11ClFNO3/c1-2-9(11(16)17)14-10(15)7-4-3-6(12)5-8(7)13/h3-5,9H,2H2,1H3,(H,14,15)(H,16,17). The van der Waals surface area contributed by atoms with E-state index in [9.17, 15) is 14.0 Å². The molecule has 0 radical (unpaired) electrons. The summed E-state index contributed by atoms with van der Waals surface area (Å²) in [6.45, 7) is 1.61. The molecule has 2 N–H and O–H groups in total. The molecule has 0 fully saturated rings. The Labute approximate surface area is 102 Å². The number of halogens is 2. The van der Waals surface area contributed by atoms with Gasteiger partial charge in [-0.25, -0.2) is 9.18 Å². The molecule has 1 aromatic rings. The topological polar surface area (TPSA) is 66.4 Å². The van der Waals surface area contributed by atoms with Crippen molar-refractivity contribution in [1.29, 1.82) is 0 Å². The van der Waals surface area contributed by atoms with Crippen LogP contribution in [0.3, 0.4) is 0 Å². The molecule has 1 atom stereocenters. The van der Waals surface area contributed by atoms with Gasteiger partial charge in [-0.1, -0.05) is 18.5 Å². The Morgan fingerprint density at radius 3 is 2.65 bits per heavy atom.